The summed E-state index contributed by atoms with van der Waals surface area (Å²) in [4.78, 5) is 44.7. The van der Waals surface area contributed by atoms with Gasteiger partial charge in [0.2, 0.25) is 0 Å². The maximum atomic E-state index is 13.8. The Kier molecular flexibility index (Phi) is 8.83. The number of allylic oxidation sites excluding steroid dienone is 1. The molecule has 1 aliphatic rings. The average Bonchev–Trinajstić information content (AvgIpc) is 3.48. The predicted octanol–water partition coefficient (Wildman–Crippen LogP) is 4.87. The third kappa shape index (κ3) is 6.13. The number of carbonyl (C=O) groups is 3. The summed E-state index contributed by atoms with van der Waals surface area (Å²) in [5.41, 5.74) is 5.56. The van der Waals surface area contributed by atoms with Crippen LogP contribution in [0, 0.1) is 0 Å². The van der Waals surface area contributed by atoms with Crippen LogP contribution < -0.4 is 15.8 Å². The minimum Gasteiger partial charge on any atom is -0.487 e. The molecular formula is C28H24ClF3N4O4S. The summed E-state index contributed by atoms with van der Waals surface area (Å²) in [6, 6.07) is 11.5. The van der Waals surface area contributed by atoms with E-state index in [0.29, 0.717) is 10.6 Å². The van der Waals surface area contributed by atoms with Gasteiger partial charge in [0.15, 0.2) is 5.06 Å². The number of nitrogens with zero attached hydrogens (tertiary/aromatic N) is 2. The lowest BCUT2D eigenvalue weighted by Crippen LogP contribution is -2.47. The number of fused-ring (bicyclic) bond motifs is 1. The molecule has 0 unspecified atom stereocenters. The summed E-state index contributed by atoms with van der Waals surface area (Å²) in [7, 11) is 2.87. The van der Waals surface area contributed by atoms with E-state index in [2.05, 4.69) is 10.3 Å². The van der Waals surface area contributed by atoms with Crippen LogP contribution in [0.4, 0.5) is 13.2 Å². The smallest absolute Gasteiger partial charge is 0.416 e. The topological polar surface area (TPSA) is 114 Å². The Labute approximate surface area is 242 Å². The van der Waals surface area contributed by atoms with Gasteiger partial charge in [-0.05, 0) is 36.2 Å². The maximum Gasteiger partial charge on any atom is 0.416 e. The minimum atomic E-state index is -4.65. The number of carbonyl (C=O) groups excluding carboxylic acids is 3. The van der Waals surface area contributed by atoms with Crippen molar-refractivity contribution in [3.8, 4) is 5.06 Å². The molecule has 0 radical (unpaired) electrons. The molecule has 1 aromatic heterocycles. The summed E-state index contributed by atoms with van der Waals surface area (Å²) in [5.74, 6) is -1.85. The summed E-state index contributed by atoms with van der Waals surface area (Å²) >= 11 is 7.12. The first-order chi connectivity index (χ1) is 19.5. The summed E-state index contributed by atoms with van der Waals surface area (Å²) < 4.78 is 46.7. The number of amides is 3. The highest BCUT2D eigenvalue weighted by Gasteiger charge is 2.38. The van der Waals surface area contributed by atoms with Gasteiger partial charge >= 0.3 is 6.18 Å². The molecule has 2 aromatic carbocycles. The maximum absolute atomic E-state index is 13.8. The van der Waals surface area contributed by atoms with Crippen molar-refractivity contribution in [2.24, 2.45) is 10.7 Å². The molecule has 2 heterocycles. The number of aliphatic imine (C=N–C) groups is 1. The van der Waals surface area contributed by atoms with E-state index >= 15 is 0 Å². The molecule has 0 aliphatic carbocycles. The lowest BCUT2D eigenvalue weighted by Gasteiger charge is -2.25. The number of ether oxygens (including phenoxy) is 1. The normalized spacial score (nSPS) is 14.7. The van der Waals surface area contributed by atoms with E-state index in [1.54, 1.807) is 12.1 Å². The lowest BCUT2D eigenvalue weighted by molar-refractivity contribution is -0.138. The summed E-state index contributed by atoms with van der Waals surface area (Å²) in [5, 5.41) is 3.13. The van der Waals surface area contributed by atoms with Crippen LogP contribution in [0.3, 0.4) is 0 Å². The number of nitrogens with one attached hydrogen (secondary N) is 1. The first-order valence-corrected chi connectivity index (χ1v) is 13.3. The van der Waals surface area contributed by atoms with E-state index in [-0.39, 0.29) is 45.3 Å². The van der Waals surface area contributed by atoms with Gasteiger partial charge in [0.1, 0.15) is 0 Å². The highest BCUT2D eigenvalue weighted by atomic mass is 35.5. The molecule has 0 saturated carbocycles. The Morgan fingerprint density at radius 1 is 1.15 bits per heavy atom. The van der Waals surface area contributed by atoms with Crippen molar-refractivity contribution >= 4 is 46.4 Å². The predicted molar refractivity (Wildman–Crippen MR) is 150 cm³/mol. The van der Waals surface area contributed by atoms with Gasteiger partial charge in [-0.25, -0.2) is 0 Å². The van der Waals surface area contributed by atoms with E-state index in [0.717, 1.165) is 28.5 Å². The molecule has 0 bridgehead atoms. The molecule has 8 nitrogen and oxygen atoms in total. The van der Waals surface area contributed by atoms with Crippen molar-refractivity contribution in [1.82, 2.24) is 10.2 Å². The second-order valence-corrected chi connectivity index (χ2v) is 10.3. The fourth-order valence-corrected chi connectivity index (χ4v) is 5.58. The van der Waals surface area contributed by atoms with E-state index in [9.17, 15) is 27.6 Å². The molecule has 0 spiro atoms. The number of hydrogen-bond donors (Lipinski definition) is 2. The molecule has 3 N–H and O–H groups in total. The molecule has 3 aromatic rings. The molecule has 41 heavy (non-hydrogen) atoms. The minimum absolute atomic E-state index is 0.105. The fourth-order valence-electron chi connectivity index (χ4n) is 4.52. The van der Waals surface area contributed by atoms with Gasteiger partial charge in [-0.15, -0.1) is 0 Å². The monoisotopic (exact) mass is 604 g/mol. The van der Waals surface area contributed by atoms with Crippen LogP contribution in [0.1, 0.15) is 47.1 Å². The number of halogens is 4. The molecule has 4 rings (SSSR count). The van der Waals surface area contributed by atoms with Crippen molar-refractivity contribution in [1.29, 1.82) is 0 Å². The molecule has 214 valence electrons. The number of nitrogens with two attached hydrogens (primary N) is 1. The number of benzene rings is 2. The Morgan fingerprint density at radius 2 is 1.76 bits per heavy atom. The van der Waals surface area contributed by atoms with Crippen LogP contribution in [0.2, 0.25) is 0 Å². The number of alkyl halides is 3. The zero-order valence-electron chi connectivity index (χ0n) is 21.8. The highest BCUT2D eigenvalue weighted by Crippen LogP contribution is 2.35. The number of thiophene rings is 1. The van der Waals surface area contributed by atoms with E-state index in [1.165, 1.54) is 50.6 Å². The number of methoxy groups -OCH3 is 1. The fraction of sp³-hybridized carbons (Fsp3) is 0.214. The molecule has 1 aliphatic heterocycles. The van der Waals surface area contributed by atoms with E-state index < -0.39 is 35.5 Å². The van der Waals surface area contributed by atoms with Crippen LogP contribution in [0.15, 0.2) is 70.8 Å². The third-order valence-corrected chi connectivity index (χ3v) is 7.76. The second kappa shape index (κ2) is 12.1. The molecule has 3 amide bonds. The second-order valence-electron chi connectivity index (χ2n) is 8.90. The average molecular weight is 605 g/mol. The molecule has 0 fully saturated rings. The van der Waals surface area contributed by atoms with Gasteiger partial charge in [0.25, 0.3) is 17.7 Å². The van der Waals surface area contributed by atoms with E-state index in [1.807, 2.05) is 0 Å². The van der Waals surface area contributed by atoms with E-state index in [4.69, 9.17) is 22.1 Å². The Bertz CT molecular complexity index is 1530. The van der Waals surface area contributed by atoms with Crippen molar-refractivity contribution in [3.05, 3.63) is 98.5 Å². The quantitative estimate of drug-likeness (QED) is 0.267. The van der Waals surface area contributed by atoms with Crippen molar-refractivity contribution < 1.29 is 32.3 Å². The molecule has 0 saturated heterocycles. The van der Waals surface area contributed by atoms with Crippen LogP contribution in [-0.4, -0.2) is 55.1 Å². The first kappa shape index (κ1) is 29.8. The molecule has 1 atom stereocenters. The Morgan fingerprint density at radius 3 is 2.32 bits per heavy atom. The standard InChI is InChI=1S/C28H24ClF3N4O4S/c1-34-23(21(29)13-33)19-12-22(41-27(19)40-2)24(37)35-16(11-15-7-3-6-10-20(15)28(30,31)32)14-36-25(38)17-8-4-5-9-18(17)26(36)39/h3-10,12-13,16H,11,14,33H2,1-2H3,(H,35,37)/t16-/m0/s1. The van der Waals surface area contributed by atoms with Crippen LogP contribution in [0.25, 0.3) is 0 Å². The number of imide groups is 1. The Hall–Kier alpha value is -4.16. The van der Waals surface area contributed by atoms with Crippen molar-refractivity contribution in [3.63, 3.8) is 0 Å². The van der Waals surface area contributed by atoms with Crippen LogP contribution >= 0.6 is 22.9 Å². The highest BCUT2D eigenvalue weighted by molar-refractivity contribution is 7.16. The summed E-state index contributed by atoms with van der Waals surface area (Å²) in [6.45, 7) is -0.358. The van der Waals surface area contributed by atoms with Gasteiger partial charge in [-0.1, -0.05) is 53.3 Å². The zero-order chi connectivity index (χ0) is 29.9. The van der Waals surface area contributed by atoms with Crippen molar-refractivity contribution in [2.45, 2.75) is 18.6 Å². The first-order valence-electron chi connectivity index (χ1n) is 12.1. The lowest BCUT2D eigenvalue weighted by atomic mass is 9.99. The van der Waals surface area contributed by atoms with Gasteiger partial charge < -0.3 is 15.8 Å². The number of rotatable bonds is 9. The Balaban J connectivity index is 1.68. The summed E-state index contributed by atoms with van der Waals surface area (Å²) in [6.07, 6.45) is -3.83. The van der Waals surface area contributed by atoms with Gasteiger partial charge in [0.05, 0.1) is 51.0 Å². The van der Waals surface area contributed by atoms with Crippen LogP contribution in [0.5, 0.6) is 5.06 Å². The van der Waals surface area contributed by atoms with Gasteiger partial charge in [-0.3, -0.25) is 24.3 Å². The molecular weight excluding hydrogens is 581 g/mol. The van der Waals surface area contributed by atoms with Crippen molar-refractivity contribution in [2.75, 3.05) is 20.7 Å². The van der Waals surface area contributed by atoms with Gasteiger partial charge in [0, 0.05) is 19.8 Å². The molecule has 13 heteroatoms. The largest absolute Gasteiger partial charge is 0.487 e. The van der Waals surface area contributed by atoms with Gasteiger partial charge in [-0.2, -0.15) is 13.2 Å². The number of hydrogen-bond acceptors (Lipinski definition) is 7. The van der Waals surface area contributed by atoms with Crippen LogP contribution in [-0.2, 0) is 12.6 Å². The SMILES string of the molecule is CN=C(C(Cl)=CN)c1cc(C(=O)N[C@@H](Cc2ccccc2C(F)(F)F)CN2C(=O)c3ccccc3C2=O)sc1OC. The third-order valence-electron chi connectivity index (χ3n) is 6.36. The zero-order valence-corrected chi connectivity index (χ0v) is 23.4.